The highest BCUT2D eigenvalue weighted by molar-refractivity contribution is 8.13. The fraction of sp³-hybridized carbons (Fsp3) is 0.875. The molecule has 0 N–H and O–H groups in total. The van der Waals surface area contributed by atoms with Gasteiger partial charge in [-0.05, 0) is 4.57 Å². The Hall–Kier alpha value is 0.0800. The lowest BCUT2D eigenvalue weighted by atomic mass is 10.00. The highest BCUT2D eigenvalue weighted by Crippen LogP contribution is 2.23. The van der Waals surface area contributed by atoms with Crippen LogP contribution in [0.4, 0.5) is 0 Å². The van der Waals surface area contributed by atoms with Crippen molar-refractivity contribution in [2.45, 2.75) is 20.8 Å². The fourth-order valence-electron chi connectivity index (χ4n) is 0.517. The van der Waals surface area contributed by atoms with E-state index < -0.39 is 8.03 Å². The molecule has 0 rings (SSSR count). The summed E-state index contributed by atoms with van der Waals surface area (Å²) in [5.74, 6) is 0.574. The Morgan fingerprint density at radius 3 is 2.38 bits per heavy atom. The van der Waals surface area contributed by atoms with Crippen LogP contribution in [-0.4, -0.2) is 24.1 Å². The molecule has 13 heavy (non-hydrogen) atoms. The van der Waals surface area contributed by atoms with E-state index in [-0.39, 0.29) is 10.5 Å². The van der Waals surface area contributed by atoms with Crippen LogP contribution in [0.3, 0.4) is 0 Å². The van der Waals surface area contributed by atoms with Crippen LogP contribution in [0.25, 0.3) is 0 Å². The molecule has 0 aromatic rings. The molecule has 0 radical (unpaired) electrons. The molecule has 0 aromatic carbocycles. The maximum atomic E-state index is 11.3. The summed E-state index contributed by atoms with van der Waals surface area (Å²) in [6, 6.07) is 0. The predicted octanol–water partition coefficient (Wildman–Crippen LogP) is 2.68. The number of hydrogen-bond acceptors (Lipinski definition) is 4. The third kappa shape index (κ3) is 7.17. The largest absolute Gasteiger partial charge is 0.504 e. The van der Waals surface area contributed by atoms with Gasteiger partial charge in [-0.15, -0.1) is 4.52 Å². The predicted molar refractivity (Wildman–Crippen MR) is 56.4 cm³/mol. The van der Waals surface area contributed by atoms with Gasteiger partial charge in [-0.1, -0.05) is 32.5 Å². The molecular weight excluding hydrogens is 207 g/mol. The normalized spacial score (nSPS) is 12.8. The quantitative estimate of drug-likeness (QED) is 0.543. The van der Waals surface area contributed by atoms with E-state index in [0.29, 0.717) is 12.4 Å². The van der Waals surface area contributed by atoms with Gasteiger partial charge in [0.25, 0.3) is 0 Å². The Morgan fingerprint density at radius 1 is 1.46 bits per heavy atom. The number of carbonyl (C=O) groups excluding carboxylic acids is 1. The molecule has 0 aliphatic carbocycles. The van der Waals surface area contributed by atoms with Gasteiger partial charge in [0.05, 0.1) is 0 Å². The highest BCUT2D eigenvalue weighted by atomic mass is 32.2. The van der Waals surface area contributed by atoms with E-state index in [2.05, 4.69) is 0 Å². The van der Waals surface area contributed by atoms with E-state index in [1.54, 1.807) is 0 Å². The maximum absolute atomic E-state index is 11.3. The second kappa shape index (κ2) is 5.74. The maximum Gasteiger partial charge on any atom is 0.504 e. The molecule has 0 amide bonds. The molecule has 0 spiro atoms. The van der Waals surface area contributed by atoms with Gasteiger partial charge < -0.3 is 0 Å². The zero-order valence-electron chi connectivity index (χ0n) is 8.49. The third-order valence-electron chi connectivity index (χ3n) is 1.20. The van der Waals surface area contributed by atoms with Crippen molar-refractivity contribution < 1.29 is 13.9 Å². The lowest BCUT2D eigenvalue weighted by molar-refractivity contribution is -0.117. The summed E-state index contributed by atoms with van der Waals surface area (Å²) in [7, 11) is -1.53. The van der Waals surface area contributed by atoms with E-state index in [4.69, 9.17) is 4.52 Å². The molecule has 3 nitrogen and oxygen atoms in total. The van der Waals surface area contributed by atoms with Crippen molar-refractivity contribution >= 4 is 24.9 Å². The summed E-state index contributed by atoms with van der Waals surface area (Å²) in [6.07, 6.45) is 0. The highest BCUT2D eigenvalue weighted by Gasteiger charge is 2.21. The molecule has 1 unspecified atom stereocenters. The molecule has 0 aliphatic heterocycles. The zero-order valence-corrected chi connectivity index (χ0v) is 10.2. The van der Waals surface area contributed by atoms with Crippen molar-refractivity contribution in [2.24, 2.45) is 5.41 Å². The summed E-state index contributed by atoms with van der Waals surface area (Å²) in [6.45, 7) is 7.51. The number of hydrogen-bond donors (Lipinski definition) is 0. The smallest absolute Gasteiger partial charge is 0.287 e. The standard InChI is InChI=1S/C8H16O3PS/c1-8(2,3)7(9)13-6-5-11-12(4)10/h5-6H2,1-4H3/q+1. The Balaban J connectivity index is 3.55. The molecule has 0 fully saturated rings. The average Bonchev–Trinajstić information content (AvgIpc) is 1.95. The number of rotatable bonds is 4. The lowest BCUT2D eigenvalue weighted by Crippen LogP contribution is -2.17. The fourth-order valence-corrected chi connectivity index (χ4v) is 1.77. The topological polar surface area (TPSA) is 43.4 Å². The third-order valence-corrected chi connectivity index (χ3v) is 2.99. The van der Waals surface area contributed by atoms with Crippen LogP contribution in [-0.2, 0) is 13.9 Å². The molecule has 0 aromatic heterocycles. The average molecular weight is 223 g/mol. The monoisotopic (exact) mass is 223 g/mol. The van der Waals surface area contributed by atoms with Crippen molar-refractivity contribution in [1.82, 2.24) is 0 Å². The molecule has 76 valence electrons. The van der Waals surface area contributed by atoms with Crippen molar-refractivity contribution in [1.29, 1.82) is 0 Å². The second-order valence-electron chi connectivity index (χ2n) is 3.66. The zero-order chi connectivity index (χ0) is 10.5. The minimum Gasteiger partial charge on any atom is -0.287 e. The Morgan fingerprint density at radius 2 is 2.00 bits per heavy atom. The molecule has 1 atom stereocenters. The number of carbonyl (C=O) groups is 1. The van der Waals surface area contributed by atoms with E-state index in [0.717, 1.165) is 0 Å². The molecule has 0 saturated heterocycles. The summed E-state index contributed by atoms with van der Waals surface area (Å²) in [4.78, 5) is 11.3. The lowest BCUT2D eigenvalue weighted by Gasteiger charge is -2.14. The molecule has 0 heterocycles. The van der Waals surface area contributed by atoms with Crippen molar-refractivity contribution in [3.05, 3.63) is 0 Å². The van der Waals surface area contributed by atoms with Crippen LogP contribution in [0.5, 0.6) is 0 Å². The van der Waals surface area contributed by atoms with Crippen LogP contribution in [0.1, 0.15) is 20.8 Å². The summed E-state index contributed by atoms with van der Waals surface area (Å²) in [5, 5.41) is 0.141. The van der Waals surface area contributed by atoms with Gasteiger partial charge in [-0.25, -0.2) is 0 Å². The molecule has 0 bridgehead atoms. The van der Waals surface area contributed by atoms with Crippen molar-refractivity contribution in [3.63, 3.8) is 0 Å². The first-order valence-electron chi connectivity index (χ1n) is 4.05. The SMILES string of the molecule is C[P+](=O)OCCSC(=O)C(C)(C)C. The Labute approximate surface area is 84.5 Å². The van der Waals surface area contributed by atoms with Gasteiger partial charge in [0.15, 0.2) is 11.8 Å². The second-order valence-corrected chi connectivity index (χ2v) is 5.86. The minimum atomic E-state index is -1.53. The van der Waals surface area contributed by atoms with Crippen LogP contribution < -0.4 is 0 Å². The van der Waals surface area contributed by atoms with Gasteiger partial charge >= 0.3 is 8.03 Å². The van der Waals surface area contributed by atoms with Crippen LogP contribution >= 0.6 is 19.8 Å². The first-order valence-corrected chi connectivity index (χ1v) is 6.66. The molecule has 5 heteroatoms. The van der Waals surface area contributed by atoms with Gasteiger partial charge in [0, 0.05) is 11.2 Å². The minimum absolute atomic E-state index is 0.141. The van der Waals surface area contributed by atoms with E-state index in [9.17, 15) is 9.36 Å². The van der Waals surface area contributed by atoms with Crippen LogP contribution in [0.15, 0.2) is 0 Å². The van der Waals surface area contributed by atoms with Gasteiger partial charge in [0.1, 0.15) is 6.61 Å². The Kier molecular flexibility index (Phi) is 5.77. The molecule has 0 saturated carbocycles. The molecule has 0 aliphatic rings. The first-order chi connectivity index (χ1) is 5.84. The summed E-state index contributed by atoms with van der Waals surface area (Å²) >= 11 is 1.23. The van der Waals surface area contributed by atoms with Crippen molar-refractivity contribution in [3.8, 4) is 0 Å². The van der Waals surface area contributed by atoms with Crippen LogP contribution in [0, 0.1) is 5.41 Å². The summed E-state index contributed by atoms with van der Waals surface area (Å²) < 4.78 is 15.4. The van der Waals surface area contributed by atoms with E-state index in [1.807, 2.05) is 20.8 Å². The van der Waals surface area contributed by atoms with Gasteiger partial charge in [-0.3, -0.25) is 4.79 Å². The van der Waals surface area contributed by atoms with Gasteiger partial charge in [0.2, 0.25) is 0 Å². The molecular formula is C8H16O3PS+. The summed E-state index contributed by atoms with van der Waals surface area (Å²) in [5.41, 5.74) is -0.306. The first kappa shape index (κ1) is 13.1. The van der Waals surface area contributed by atoms with E-state index >= 15 is 0 Å². The Bertz CT molecular complexity index is 198. The van der Waals surface area contributed by atoms with Crippen molar-refractivity contribution in [2.75, 3.05) is 19.0 Å². The number of thioether (sulfide) groups is 1. The van der Waals surface area contributed by atoms with Gasteiger partial charge in [-0.2, -0.15) is 0 Å². The van der Waals surface area contributed by atoms with Crippen LogP contribution in [0.2, 0.25) is 0 Å². The van der Waals surface area contributed by atoms with E-state index in [1.165, 1.54) is 18.4 Å².